The Hall–Kier alpha value is -7.08. The van der Waals surface area contributed by atoms with Crippen LogP contribution in [0.15, 0.2) is 152 Å². The number of hydrogen-bond acceptors (Lipinski definition) is 8. The van der Waals surface area contributed by atoms with Gasteiger partial charge in [-0.25, -0.2) is 0 Å². The van der Waals surface area contributed by atoms with Gasteiger partial charge in [0.1, 0.15) is 11.6 Å². The molecule has 4 radical (unpaired) electrons. The molecule has 0 spiro atoms. The summed E-state index contributed by atoms with van der Waals surface area (Å²) in [6.07, 6.45) is 2.06. The molecule has 0 fully saturated rings. The molecule has 0 saturated carbocycles. The van der Waals surface area contributed by atoms with E-state index in [2.05, 4.69) is 226 Å². The van der Waals surface area contributed by atoms with Crippen LogP contribution in [0.2, 0.25) is 0 Å². The summed E-state index contributed by atoms with van der Waals surface area (Å²) < 4.78 is 8.76. The average molecular weight is 1950 g/mol. The molecule has 12 nitrogen and oxygen atoms in total. The van der Waals surface area contributed by atoms with Gasteiger partial charge in [-0.3, -0.25) is 29.9 Å². The Bertz CT molecular complexity index is 5350. The quantitative estimate of drug-likeness (QED) is 0.138. The zero-order valence-electron chi connectivity index (χ0n) is 56.1. The van der Waals surface area contributed by atoms with Crippen LogP contribution in [0.1, 0.15) is 144 Å². The zero-order chi connectivity index (χ0) is 63.6. The van der Waals surface area contributed by atoms with E-state index in [-0.39, 0.29) is 107 Å². The maximum Gasteiger partial charge on any atom is 0.103 e. The van der Waals surface area contributed by atoms with Crippen molar-refractivity contribution in [1.82, 2.24) is 57.5 Å². The molecule has 0 N–H and O–H groups in total. The second-order valence-electron chi connectivity index (χ2n) is 28.9. The number of aryl methyl sites for hydroxylation is 2. The predicted octanol–water partition coefficient (Wildman–Crippen LogP) is 18.4. The van der Waals surface area contributed by atoms with Crippen molar-refractivity contribution < 1.29 is 80.4 Å². The first-order chi connectivity index (χ1) is 42.6. The summed E-state index contributed by atoms with van der Waals surface area (Å²) in [4.78, 5) is 38.9. The van der Waals surface area contributed by atoms with E-state index in [9.17, 15) is 0 Å². The van der Waals surface area contributed by atoms with Crippen molar-refractivity contribution in [2.75, 3.05) is 0 Å². The first-order valence-electron chi connectivity index (χ1n) is 31.0. The third-order valence-electron chi connectivity index (χ3n) is 16.7. The van der Waals surface area contributed by atoms with Crippen LogP contribution < -0.4 is 0 Å². The largest absolute Gasteiger partial charge is 0.348 e. The van der Waals surface area contributed by atoms with Gasteiger partial charge in [0.25, 0.3) is 0 Å². The van der Waals surface area contributed by atoms with Gasteiger partial charge in [0.15, 0.2) is 0 Å². The van der Waals surface area contributed by atoms with Crippen LogP contribution in [-0.2, 0) is 107 Å². The summed E-state index contributed by atoms with van der Waals surface area (Å²) in [6, 6.07) is 62.9. The average Bonchev–Trinajstić information content (AvgIpc) is 1.82. The van der Waals surface area contributed by atoms with Gasteiger partial charge in [0.05, 0.1) is 72.4 Å². The van der Waals surface area contributed by atoms with Crippen molar-refractivity contribution in [2.24, 2.45) is 0 Å². The maximum atomic E-state index is 4.95. The number of benzene rings is 6. The van der Waals surface area contributed by atoms with Gasteiger partial charge in [-0.15, -0.1) is 83.6 Å². The molecule has 0 aliphatic rings. The topological polar surface area (TPSA) is 121 Å². The van der Waals surface area contributed by atoms with Crippen LogP contribution in [0, 0.1) is 38.1 Å². The third-order valence-corrected chi connectivity index (χ3v) is 16.7. The molecule has 16 aromatic rings. The summed E-state index contributed by atoms with van der Waals surface area (Å²) in [6.45, 7) is 37.0. The number of pyridine rings is 4. The van der Waals surface area contributed by atoms with Crippen molar-refractivity contribution in [2.45, 2.75) is 145 Å². The van der Waals surface area contributed by atoms with E-state index in [1.54, 1.807) is 0 Å². The van der Waals surface area contributed by atoms with Gasteiger partial charge in [-0.1, -0.05) is 169 Å². The molecule has 0 unspecified atom stereocenters. The van der Waals surface area contributed by atoms with E-state index in [1.807, 2.05) is 84.9 Å². The molecule has 10 aromatic heterocycles. The first-order valence-corrected chi connectivity index (χ1v) is 31.0. The first kappa shape index (κ1) is 71.2. The molecule has 94 heavy (non-hydrogen) atoms. The smallest absolute Gasteiger partial charge is 0.103 e. The zero-order valence-corrected chi connectivity index (χ0v) is 65.7. The number of nitrogens with zero attached hydrogens (tertiary/aromatic N) is 12. The van der Waals surface area contributed by atoms with Gasteiger partial charge in [-0.2, -0.15) is 0 Å². The standard InChI is InChI=1S/C21H23N4.C20H20N3.C19H17N2.C18H16N3.4Ir/c1-20(2,3)16-12-11-13-17(23-16)24-19(21(4,5)6)25-15-10-8-7-9-14(15)22-18(13)25;1-12-10-16-17(11-13(12)2)23-9-8-15-14(19(23)22-16)6-7-18(21-15)20(3,4)5;1-19(2,3)17-12-13-8-4-5-9-14(13)18-20-15-10-6-7-11-16(15)21(17)18;1-18(2,3)17-20-13-9-5-4-8-12(13)16-19-14-10-6-7-11-15(14)21(16)17;;;;/h7-10,12H,1-6H3;7-11H,1-5H3;4-8,10-12H,1-3H3;4-7,9-11H,1-3H3;;;;/q4*-1;;;;. The molecule has 0 aliphatic carbocycles. The van der Waals surface area contributed by atoms with Gasteiger partial charge in [0, 0.05) is 102 Å². The Labute approximate surface area is 603 Å². The van der Waals surface area contributed by atoms with E-state index < -0.39 is 0 Å². The van der Waals surface area contributed by atoms with E-state index in [0.717, 1.165) is 128 Å². The maximum absolute atomic E-state index is 4.95. The Morgan fingerprint density at radius 2 is 0.766 bits per heavy atom. The molecule has 0 atom stereocenters. The van der Waals surface area contributed by atoms with Crippen LogP contribution >= 0.6 is 0 Å². The number of rotatable bonds is 0. The van der Waals surface area contributed by atoms with Crippen molar-refractivity contribution >= 4 is 110 Å². The molecule has 488 valence electrons. The predicted molar refractivity (Wildman–Crippen MR) is 370 cm³/mol. The van der Waals surface area contributed by atoms with Crippen molar-refractivity contribution in [3.8, 4) is 0 Å². The van der Waals surface area contributed by atoms with E-state index in [0.29, 0.717) is 0 Å². The molecule has 0 saturated heterocycles. The second kappa shape index (κ2) is 26.5. The van der Waals surface area contributed by atoms with E-state index in [4.69, 9.17) is 39.9 Å². The minimum Gasteiger partial charge on any atom is -0.348 e. The number of fused-ring (bicyclic) bond motifs is 20. The monoisotopic (exact) mass is 1950 g/mol. The Kier molecular flexibility index (Phi) is 20.1. The van der Waals surface area contributed by atoms with Crippen LogP contribution in [0.4, 0.5) is 0 Å². The van der Waals surface area contributed by atoms with Crippen LogP contribution in [-0.4, -0.2) is 57.5 Å². The van der Waals surface area contributed by atoms with Gasteiger partial charge in [-0.05, 0) is 113 Å². The molecule has 6 aromatic carbocycles. The normalized spacial score (nSPS) is 12.2. The Balaban J connectivity index is 0.000000146. The molecule has 16 heteroatoms. The summed E-state index contributed by atoms with van der Waals surface area (Å²) >= 11 is 0. The fourth-order valence-corrected chi connectivity index (χ4v) is 11.8. The number of imidazole rings is 4. The summed E-state index contributed by atoms with van der Waals surface area (Å²) in [5.74, 6) is 1.99. The minimum absolute atomic E-state index is 0. The Morgan fingerprint density at radius 3 is 1.32 bits per heavy atom. The van der Waals surface area contributed by atoms with E-state index >= 15 is 0 Å². The van der Waals surface area contributed by atoms with Crippen molar-refractivity contribution in [3.05, 3.63) is 216 Å². The van der Waals surface area contributed by atoms with Crippen molar-refractivity contribution in [3.63, 3.8) is 0 Å². The SMILES string of the molecule is CC(C)(C)c1c[c-]c2c(n1)nc(C(C)(C)C)n1c3ccccc3nc21.CC(C)(C)c1cc2ccc[c-]c2c2nc3ccccc3n12.CC(C)(C)c1nc2ccc[c-]c2c2nc3ccccc3n12.Cc1cc2nc3c4[c-]cc(C(C)(C)C)nc4ccn3c2cc1C.[Ir].[Ir].[Ir].[Ir]. The molecule has 0 amide bonds. The minimum atomic E-state index is -0.130. The second-order valence-corrected chi connectivity index (χ2v) is 28.9. The van der Waals surface area contributed by atoms with Gasteiger partial charge >= 0.3 is 0 Å². The van der Waals surface area contributed by atoms with Crippen LogP contribution in [0.25, 0.3) is 110 Å². The number of para-hydroxylation sites is 6. The number of hydrogen-bond donors (Lipinski definition) is 0. The van der Waals surface area contributed by atoms with Crippen LogP contribution in [0.5, 0.6) is 0 Å². The molecule has 16 rings (SSSR count). The summed E-state index contributed by atoms with van der Waals surface area (Å²) in [7, 11) is 0. The summed E-state index contributed by atoms with van der Waals surface area (Å²) in [5.41, 5.74) is 20.6. The van der Waals surface area contributed by atoms with E-state index in [1.165, 1.54) is 22.2 Å². The molecule has 0 aliphatic heterocycles. The summed E-state index contributed by atoms with van der Waals surface area (Å²) in [5, 5.41) is 5.11. The van der Waals surface area contributed by atoms with Crippen LogP contribution in [0.3, 0.4) is 0 Å². The van der Waals surface area contributed by atoms with Gasteiger partial charge < -0.3 is 27.6 Å². The fourth-order valence-electron chi connectivity index (χ4n) is 11.8. The fraction of sp³-hybridized carbons (Fsp3) is 0.282. The molecular weight excluding hydrogens is 1870 g/mol. The van der Waals surface area contributed by atoms with Gasteiger partial charge in [0.2, 0.25) is 0 Å². The van der Waals surface area contributed by atoms with Crippen molar-refractivity contribution in [1.29, 1.82) is 0 Å². The molecule has 0 bridgehead atoms. The number of aromatic nitrogens is 12. The Morgan fingerprint density at radius 1 is 0.330 bits per heavy atom. The molecular formula is C78H76Ir4N12-4. The third kappa shape index (κ3) is 13.2. The molecule has 10 heterocycles.